The first kappa shape index (κ1) is 13.3. The van der Waals surface area contributed by atoms with Crippen LogP contribution in [0.3, 0.4) is 0 Å². The zero-order valence-corrected chi connectivity index (χ0v) is 12.1. The highest BCUT2D eigenvalue weighted by atomic mass is 79.9. The molecule has 0 aliphatic carbocycles. The van der Waals surface area contributed by atoms with Crippen molar-refractivity contribution in [1.82, 2.24) is 0 Å². The summed E-state index contributed by atoms with van der Waals surface area (Å²) in [5.74, 6) is 7.11. The summed E-state index contributed by atoms with van der Waals surface area (Å²) in [5, 5.41) is 0. The van der Waals surface area contributed by atoms with Crippen LogP contribution in [-0.4, -0.2) is 0 Å². The van der Waals surface area contributed by atoms with E-state index in [1.807, 2.05) is 6.92 Å². The van der Waals surface area contributed by atoms with Gasteiger partial charge in [-0.05, 0) is 36.5 Å². The highest BCUT2D eigenvalue weighted by Gasteiger charge is 2.13. The Morgan fingerprint density at radius 3 is 2.50 bits per heavy atom. The Hall–Kier alpha value is -0.740. The molecule has 0 saturated heterocycles. The van der Waals surface area contributed by atoms with Crippen LogP contribution in [0.5, 0.6) is 0 Å². The Balaban J connectivity index is 2.95. The third kappa shape index (κ3) is 3.12. The van der Waals surface area contributed by atoms with Crippen molar-refractivity contribution in [3.63, 3.8) is 0 Å². The van der Waals surface area contributed by atoms with Crippen LogP contribution in [0, 0.1) is 17.8 Å². The van der Waals surface area contributed by atoms with Crippen molar-refractivity contribution < 1.29 is 0 Å². The molecule has 0 heterocycles. The topological polar surface area (TPSA) is 0 Å². The first-order chi connectivity index (χ1) is 7.60. The van der Waals surface area contributed by atoms with E-state index in [2.05, 4.69) is 66.7 Å². The molecule has 0 fully saturated rings. The fraction of sp³-hybridized carbons (Fsp3) is 0.467. The lowest BCUT2D eigenvalue weighted by Gasteiger charge is -2.16. The lowest BCUT2D eigenvalue weighted by molar-refractivity contribution is 0.609. The summed E-state index contributed by atoms with van der Waals surface area (Å²) in [4.78, 5) is 0. The molecule has 86 valence electrons. The van der Waals surface area contributed by atoms with Crippen LogP contribution in [0.15, 0.2) is 22.7 Å². The molecule has 2 unspecified atom stereocenters. The predicted molar refractivity (Wildman–Crippen MR) is 74.5 cm³/mol. The van der Waals surface area contributed by atoms with Crippen molar-refractivity contribution >= 4 is 15.9 Å². The molecule has 0 aliphatic rings. The van der Waals surface area contributed by atoms with Crippen LogP contribution in [0.4, 0.5) is 0 Å². The molecule has 2 atom stereocenters. The summed E-state index contributed by atoms with van der Waals surface area (Å²) in [5.41, 5.74) is 2.73. The molecule has 0 bridgehead atoms. The van der Waals surface area contributed by atoms with E-state index in [9.17, 15) is 0 Å². The molecule has 0 radical (unpaired) electrons. The van der Waals surface area contributed by atoms with Gasteiger partial charge in [0.2, 0.25) is 0 Å². The number of hydrogen-bond donors (Lipinski definition) is 0. The Morgan fingerprint density at radius 1 is 1.31 bits per heavy atom. The normalized spacial score (nSPS) is 13.8. The Kier molecular flexibility index (Phi) is 5.09. The average Bonchev–Trinajstić information content (AvgIpc) is 2.28. The maximum Gasteiger partial charge on any atom is 0.0240 e. The highest BCUT2D eigenvalue weighted by Crippen LogP contribution is 2.28. The average molecular weight is 279 g/mol. The van der Waals surface area contributed by atoms with Crippen molar-refractivity contribution in [3.8, 4) is 11.8 Å². The van der Waals surface area contributed by atoms with Crippen molar-refractivity contribution in [3.05, 3.63) is 33.8 Å². The van der Waals surface area contributed by atoms with Crippen LogP contribution in [0.1, 0.15) is 44.7 Å². The van der Waals surface area contributed by atoms with Crippen molar-refractivity contribution in [1.29, 1.82) is 0 Å². The van der Waals surface area contributed by atoms with E-state index >= 15 is 0 Å². The fourth-order valence-corrected chi connectivity index (χ4v) is 2.45. The minimum absolute atomic E-state index is 0.407. The largest absolute Gasteiger partial charge is 0.106 e. The number of rotatable bonds is 3. The van der Waals surface area contributed by atoms with Crippen LogP contribution >= 0.6 is 15.9 Å². The molecule has 0 nitrogen and oxygen atoms in total. The van der Waals surface area contributed by atoms with E-state index in [4.69, 9.17) is 0 Å². The minimum Gasteiger partial charge on any atom is -0.106 e. The second kappa shape index (κ2) is 6.11. The minimum atomic E-state index is 0.407. The quantitative estimate of drug-likeness (QED) is 0.699. The van der Waals surface area contributed by atoms with Crippen LogP contribution in [0.25, 0.3) is 0 Å². The molecule has 1 aromatic rings. The first-order valence-corrected chi connectivity index (χ1v) is 6.60. The van der Waals surface area contributed by atoms with E-state index in [0.29, 0.717) is 11.8 Å². The molecule has 0 saturated carbocycles. The predicted octanol–water partition coefficient (Wildman–Crippen LogP) is 4.77. The summed E-state index contributed by atoms with van der Waals surface area (Å²) in [6.45, 7) is 8.50. The van der Waals surface area contributed by atoms with Crippen molar-refractivity contribution in [2.75, 3.05) is 0 Å². The second-order valence-electron chi connectivity index (χ2n) is 4.18. The van der Waals surface area contributed by atoms with Gasteiger partial charge in [0.25, 0.3) is 0 Å². The van der Waals surface area contributed by atoms with Crippen LogP contribution in [0.2, 0.25) is 0 Å². The SMILES string of the molecule is CC#CC(C)C(C)c1ccc(CC)c(Br)c1. The fourth-order valence-electron chi connectivity index (χ4n) is 1.77. The van der Waals surface area contributed by atoms with E-state index in [0.717, 1.165) is 6.42 Å². The first-order valence-electron chi connectivity index (χ1n) is 5.80. The summed E-state index contributed by atoms with van der Waals surface area (Å²) >= 11 is 3.63. The number of aryl methyl sites for hydroxylation is 1. The van der Waals surface area contributed by atoms with Gasteiger partial charge in [-0.25, -0.2) is 0 Å². The highest BCUT2D eigenvalue weighted by molar-refractivity contribution is 9.10. The number of hydrogen-bond acceptors (Lipinski definition) is 0. The standard InChI is InChI=1S/C15H19Br/c1-5-7-11(3)12(4)14-9-8-13(6-2)15(16)10-14/h8-12H,6H2,1-4H3. The van der Waals surface area contributed by atoms with E-state index in [-0.39, 0.29) is 0 Å². The molecule has 0 N–H and O–H groups in total. The third-order valence-electron chi connectivity index (χ3n) is 3.11. The Labute approximate surface area is 108 Å². The maximum absolute atomic E-state index is 3.63. The molecule has 1 rings (SSSR count). The summed E-state index contributed by atoms with van der Waals surface area (Å²) in [7, 11) is 0. The van der Waals surface area contributed by atoms with Gasteiger partial charge in [-0.2, -0.15) is 0 Å². The van der Waals surface area contributed by atoms with Gasteiger partial charge in [0.1, 0.15) is 0 Å². The van der Waals surface area contributed by atoms with Crippen molar-refractivity contribution in [2.24, 2.45) is 5.92 Å². The lowest BCUT2D eigenvalue weighted by atomic mass is 9.89. The summed E-state index contributed by atoms with van der Waals surface area (Å²) in [6, 6.07) is 6.67. The maximum atomic E-state index is 3.63. The van der Waals surface area contributed by atoms with Crippen LogP contribution < -0.4 is 0 Å². The Bertz CT molecular complexity index is 409. The number of benzene rings is 1. The monoisotopic (exact) mass is 278 g/mol. The molecular weight excluding hydrogens is 260 g/mol. The van der Waals surface area contributed by atoms with Gasteiger partial charge in [0.05, 0.1) is 0 Å². The van der Waals surface area contributed by atoms with E-state index in [1.165, 1.54) is 15.6 Å². The third-order valence-corrected chi connectivity index (χ3v) is 3.84. The van der Waals surface area contributed by atoms with Crippen LogP contribution in [-0.2, 0) is 6.42 Å². The Morgan fingerprint density at radius 2 is 2.00 bits per heavy atom. The lowest BCUT2D eigenvalue weighted by Crippen LogP contribution is -2.04. The molecule has 1 aromatic carbocycles. The van der Waals surface area contributed by atoms with Gasteiger partial charge in [-0.1, -0.05) is 54.8 Å². The zero-order valence-electron chi connectivity index (χ0n) is 10.5. The molecule has 1 heteroatoms. The van der Waals surface area contributed by atoms with Gasteiger partial charge in [-0.15, -0.1) is 5.92 Å². The molecule has 0 aromatic heterocycles. The molecule has 0 aliphatic heterocycles. The van der Waals surface area contributed by atoms with Gasteiger partial charge < -0.3 is 0 Å². The molecule has 0 spiro atoms. The van der Waals surface area contributed by atoms with Gasteiger partial charge in [0.15, 0.2) is 0 Å². The van der Waals surface area contributed by atoms with Gasteiger partial charge in [0, 0.05) is 10.4 Å². The molecule has 0 amide bonds. The van der Waals surface area contributed by atoms with E-state index in [1.54, 1.807) is 0 Å². The summed E-state index contributed by atoms with van der Waals surface area (Å²) in [6.07, 6.45) is 1.07. The second-order valence-corrected chi connectivity index (χ2v) is 5.03. The van der Waals surface area contributed by atoms with Gasteiger partial charge >= 0.3 is 0 Å². The summed E-state index contributed by atoms with van der Waals surface area (Å²) < 4.78 is 1.22. The number of halogens is 1. The molecule has 16 heavy (non-hydrogen) atoms. The van der Waals surface area contributed by atoms with Gasteiger partial charge in [-0.3, -0.25) is 0 Å². The van der Waals surface area contributed by atoms with E-state index < -0.39 is 0 Å². The zero-order chi connectivity index (χ0) is 12.1. The van der Waals surface area contributed by atoms with Crippen molar-refractivity contribution in [2.45, 2.75) is 40.0 Å². The smallest absolute Gasteiger partial charge is 0.0240 e. The molecular formula is C15H19Br.